The van der Waals surface area contributed by atoms with Crippen molar-refractivity contribution in [2.45, 2.75) is 48.4 Å². The fourth-order valence-electron chi connectivity index (χ4n) is 7.24. The van der Waals surface area contributed by atoms with Crippen LogP contribution in [-0.4, -0.2) is 56.4 Å². The molecule has 218 valence electrons. The molecule has 3 aliphatic rings. The number of thioether (sulfide) groups is 1. The second kappa shape index (κ2) is 11.7. The molecule has 7 nitrogen and oxygen atoms in total. The number of hydrogen-bond acceptors (Lipinski definition) is 5. The largest absolute Gasteiger partial charge is 0.394 e. The number of aliphatic hydroxyl groups is 1. The van der Waals surface area contributed by atoms with E-state index in [9.17, 15) is 19.5 Å². The van der Waals surface area contributed by atoms with Crippen molar-refractivity contribution in [3.63, 3.8) is 0 Å². The molecular formula is C33H34ClN3O4S. The Labute approximate surface area is 255 Å². The number of aliphatic hydroxyl groups excluding tert-OH is 1. The molecule has 0 saturated carbocycles. The number of likely N-dealkylation sites (tertiary alicyclic amines) is 1. The van der Waals surface area contributed by atoms with E-state index in [2.05, 4.69) is 17.6 Å². The number of halogens is 1. The molecule has 3 aromatic carbocycles. The second-order valence-electron chi connectivity index (χ2n) is 11.5. The Kier molecular flexibility index (Phi) is 8.05. The van der Waals surface area contributed by atoms with Crippen molar-refractivity contribution in [1.82, 2.24) is 10.2 Å². The molecule has 0 radical (unpaired) electrons. The van der Waals surface area contributed by atoms with E-state index in [1.165, 1.54) is 0 Å². The summed E-state index contributed by atoms with van der Waals surface area (Å²) in [5.41, 5.74) is 2.51. The van der Waals surface area contributed by atoms with Gasteiger partial charge in [-0.05, 0) is 54.2 Å². The number of benzene rings is 3. The minimum atomic E-state index is -0.858. The third-order valence-electron chi connectivity index (χ3n) is 9.07. The highest BCUT2D eigenvalue weighted by Crippen LogP contribution is 2.68. The van der Waals surface area contributed by atoms with Crippen LogP contribution in [-0.2, 0) is 27.3 Å². The third kappa shape index (κ3) is 4.99. The van der Waals surface area contributed by atoms with Crippen LogP contribution in [0.4, 0.5) is 5.69 Å². The summed E-state index contributed by atoms with van der Waals surface area (Å²) in [5.74, 6) is -1.92. The van der Waals surface area contributed by atoms with Gasteiger partial charge in [0, 0.05) is 22.5 Å². The zero-order chi connectivity index (χ0) is 29.4. The zero-order valence-corrected chi connectivity index (χ0v) is 24.9. The highest BCUT2D eigenvalue weighted by atomic mass is 35.5. The molecule has 7 atom stereocenters. The van der Waals surface area contributed by atoms with Gasteiger partial charge in [-0.15, -0.1) is 11.8 Å². The van der Waals surface area contributed by atoms with Crippen LogP contribution in [0.15, 0.2) is 84.9 Å². The molecule has 3 N–H and O–H groups in total. The van der Waals surface area contributed by atoms with E-state index < -0.39 is 28.7 Å². The van der Waals surface area contributed by atoms with Gasteiger partial charge in [-0.1, -0.05) is 79.2 Å². The molecule has 3 aromatic rings. The van der Waals surface area contributed by atoms with E-state index in [0.29, 0.717) is 23.7 Å². The number of nitrogens with zero attached hydrogens (tertiary/aromatic N) is 1. The Balaban J connectivity index is 1.36. The smallest absolute Gasteiger partial charge is 0.248 e. The molecule has 3 unspecified atom stereocenters. The molecule has 9 heteroatoms. The van der Waals surface area contributed by atoms with E-state index >= 15 is 0 Å². The number of amides is 3. The van der Waals surface area contributed by atoms with Crippen molar-refractivity contribution in [3.05, 3.63) is 101 Å². The van der Waals surface area contributed by atoms with Crippen LogP contribution in [0.1, 0.15) is 24.5 Å². The minimum absolute atomic E-state index is 0.0154. The van der Waals surface area contributed by atoms with Crippen molar-refractivity contribution in [2.24, 2.45) is 17.8 Å². The van der Waals surface area contributed by atoms with E-state index in [1.807, 2.05) is 60.7 Å². The van der Waals surface area contributed by atoms with Crippen molar-refractivity contribution in [1.29, 1.82) is 0 Å². The molecule has 6 rings (SSSR count). The molecule has 1 spiro atoms. The molecule has 0 aromatic heterocycles. The fraction of sp³-hybridized carbons (Fsp3) is 0.364. The van der Waals surface area contributed by atoms with E-state index in [0.717, 1.165) is 17.5 Å². The van der Waals surface area contributed by atoms with Gasteiger partial charge < -0.3 is 20.6 Å². The predicted molar refractivity (Wildman–Crippen MR) is 165 cm³/mol. The van der Waals surface area contributed by atoms with Crippen LogP contribution in [0.2, 0.25) is 5.02 Å². The summed E-state index contributed by atoms with van der Waals surface area (Å²) >= 11 is 7.69. The summed E-state index contributed by atoms with van der Waals surface area (Å²) in [6.07, 6.45) is 1.13. The summed E-state index contributed by atoms with van der Waals surface area (Å²) in [4.78, 5) is 44.2. The maximum atomic E-state index is 14.5. The van der Waals surface area contributed by atoms with E-state index in [4.69, 9.17) is 11.6 Å². The van der Waals surface area contributed by atoms with Gasteiger partial charge in [0.2, 0.25) is 17.7 Å². The van der Waals surface area contributed by atoms with Crippen LogP contribution in [0.5, 0.6) is 0 Å². The summed E-state index contributed by atoms with van der Waals surface area (Å²) < 4.78 is -0.795. The van der Waals surface area contributed by atoms with Gasteiger partial charge in [-0.2, -0.15) is 0 Å². The lowest BCUT2D eigenvalue weighted by Gasteiger charge is -2.40. The van der Waals surface area contributed by atoms with Crippen LogP contribution < -0.4 is 10.6 Å². The lowest BCUT2D eigenvalue weighted by Crippen LogP contribution is -2.57. The van der Waals surface area contributed by atoms with Gasteiger partial charge in [0.25, 0.3) is 0 Å². The minimum Gasteiger partial charge on any atom is -0.394 e. The molecule has 2 bridgehead atoms. The van der Waals surface area contributed by atoms with Gasteiger partial charge >= 0.3 is 0 Å². The first-order valence-electron chi connectivity index (χ1n) is 14.4. The van der Waals surface area contributed by atoms with Crippen molar-refractivity contribution in [2.75, 3.05) is 11.9 Å². The highest BCUT2D eigenvalue weighted by Gasteiger charge is 2.76. The molecule has 3 amide bonds. The van der Waals surface area contributed by atoms with E-state index in [-0.39, 0.29) is 35.5 Å². The first-order valence-corrected chi connectivity index (χ1v) is 15.6. The van der Waals surface area contributed by atoms with Crippen molar-refractivity contribution in [3.8, 4) is 0 Å². The van der Waals surface area contributed by atoms with Gasteiger partial charge in [-0.3, -0.25) is 14.4 Å². The fourth-order valence-corrected chi connectivity index (χ4v) is 9.77. The lowest BCUT2D eigenvalue weighted by molar-refractivity contribution is -0.142. The summed E-state index contributed by atoms with van der Waals surface area (Å²) in [6.45, 7) is 2.15. The molecule has 3 saturated heterocycles. The standard InChI is InChI=1S/C33H34ClN3O4S/c1-20-16-26-27(30(39)35-18-22-10-6-3-7-11-22)28-32(41)37(25(19-38)17-21-8-4-2-5-9-21)29(33(20,28)42-26)31(40)36-24-14-12-23(34)13-15-24/h2-15,20,25-29,38H,16-19H2,1H3,(H,35,39)(H,36,40)/t20?,25-,26+,27-,28+,29?,33?/m1/s1. The Hall–Kier alpha value is -3.33. The first kappa shape index (κ1) is 28.8. The Morgan fingerprint density at radius 1 is 1.00 bits per heavy atom. The Morgan fingerprint density at radius 2 is 1.64 bits per heavy atom. The van der Waals surface area contributed by atoms with E-state index in [1.54, 1.807) is 40.9 Å². The molecule has 0 aliphatic carbocycles. The third-order valence-corrected chi connectivity index (χ3v) is 11.4. The maximum absolute atomic E-state index is 14.5. The number of rotatable bonds is 9. The molecule has 3 heterocycles. The number of fused-ring (bicyclic) bond motifs is 1. The van der Waals surface area contributed by atoms with Crippen LogP contribution in [0.3, 0.4) is 0 Å². The van der Waals surface area contributed by atoms with Gasteiger partial charge in [-0.25, -0.2) is 0 Å². The average Bonchev–Trinajstić information content (AvgIpc) is 3.60. The number of nitrogens with one attached hydrogen (secondary N) is 2. The first-order chi connectivity index (χ1) is 20.3. The van der Waals surface area contributed by atoms with Gasteiger partial charge in [0.1, 0.15) is 6.04 Å². The second-order valence-corrected chi connectivity index (χ2v) is 13.5. The number of anilines is 1. The molecular weight excluding hydrogens is 570 g/mol. The monoisotopic (exact) mass is 603 g/mol. The summed E-state index contributed by atoms with van der Waals surface area (Å²) in [6, 6.07) is 24.7. The van der Waals surface area contributed by atoms with Crippen LogP contribution >= 0.6 is 23.4 Å². The van der Waals surface area contributed by atoms with Gasteiger partial charge in [0.05, 0.1) is 29.2 Å². The average molecular weight is 604 g/mol. The quantitative estimate of drug-likeness (QED) is 0.334. The van der Waals surface area contributed by atoms with Crippen LogP contribution in [0.25, 0.3) is 0 Å². The number of carbonyl (C=O) groups is 3. The normalized spacial score (nSPS) is 28.4. The van der Waals surface area contributed by atoms with Crippen molar-refractivity contribution >= 4 is 46.8 Å². The van der Waals surface area contributed by atoms with Crippen molar-refractivity contribution < 1.29 is 19.5 Å². The maximum Gasteiger partial charge on any atom is 0.248 e. The predicted octanol–water partition coefficient (Wildman–Crippen LogP) is 4.54. The molecule has 3 aliphatic heterocycles. The number of hydrogen-bond donors (Lipinski definition) is 3. The summed E-state index contributed by atoms with van der Waals surface area (Å²) in [5, 5.41) is 17.2. The van der Waals surface area contributed by atoms with Gasteiger partial charge in [0.15, 0.2) is 0 Å². The summed E-state index contributed by atoms with van der Waals surface area (Å²) in [7, 11) is 0. The molecule has 3 fully saturated rings. The Bertz CT molecular complexity index is 1460. The zero-order valence-electron chi connectivity index (χ0n) is 23.3. The number of carbonyl (C=O) groups excluding carboxylic acids is 3. The Morgan fingerprint density at radius 3 is 2.29 bits per heavy atom. The topological polar surface area (TPSA) is 98.7 Å². The highest BCUT2D eigenvalue weighted by molar-refractivity contribution is 8.02. The lowest BCUT2D eigenvalue weighted by atomic mass is 9.66. The molecule has 42 heavy (non-hydrogen) atoms. The van der Waals surface area contributed by atoms with Crippen LogP contribution in [0, 0.1) is 17.8 Å². The SMILES string of the molecule is CC1C[C@@H]2SC13C(C(=O)Nc1ccc(Cl)cc1)N([C@@H](CO)Cc1ccccc1)C(=O)[C@@H]3[C@@H]2C(=O)NCc1ccccc1.